The second kappa shape index (κ2) is 7.43. The Labute approximate surface area is 132 Å². The van der Waals surface area contributed by atoms with E-state index in [0.29, 0.717) is 24.4 Å². The van der Waals surface area contributed by atoms with E-state index < -0.39 is 0 Å². The fraction of sp³-hybridized carbons (Fsp3) is 0.556. The summed E-state index contributed by atoms with van der Waals surface area (Å²) in [5, 5.41) is 3.04. The van der Waals surface area contributed by atoms with Crippen LogP contribution in [0.4, 0.5) is 0 Å². The van der Waals surface area contributed by atoms with Gasteiger partial charge in [-0.3, -0.25) is 9.59 Å². The SMILES string of the molecule is CC[C@@H](C)[C@@H](C)NC(=O)c1ccc(CN2CCCC2=O)cc1. The molecule has 0 saturated carbocycles. The van der Waals surface area contributed by atoms with Crippen molar-refractivity contribution < 1.29 is 9.59 Å². The van der Waals surface area contributed by atoms with E-state index in [-0.39, 0.29) is 17.9 Å². The van der Waals surface area contributed by atoms with E-state index in [4.69, 9.17) is 0 Å². The fourth-order valence-corrected chi connectivity index (χ4v) is 2.64. The molecule has 1 heterocycles. The molecule has 0 aliphatic carbocycles. The molecule has 22 heavy (non-hydrogen) atoms. The normalized spacial score (nSPS) is 17.4. The van der Waals surface area contributed by atoms with Gasteiger partial charge in [-0.2, -0.15) is 0 Å². The first-order valence-corrected chi connectivity index (χ1v) is 8.18. The summed E-state index contributed by atoms with van der Waals surface area (Å²) in [4.78, 5) is 25.7. The smallest absolute Gasteiger partial charge is 0.251 e. The summed E-state index contributed by atoms with van der Waals surface area (Å²) in [5.74, 6) is 0.658. The Morgan fingerprint density at radius 1 is 1.27 bits per heavy atom. The molecule has 1 aromatic carbocycles. The van der Waals surface area contributed by atoms with Gasteiger partial charge in [-0.05, 0) is 37.0 Å². The zero-order chi connectivity index (χ0) is 16.1. The second-order valence-corrected chi connectivity index (χ2v) is 6.26. The van der Waals surface area contributed by atoms with E-state index in [9.17, 15) is 9.59 Å². The van der Waals surface area contributed by atoms with Crippen molar-refractivity contribution >= 4 is 11.8 Å². The molecule has 4 heteroatoms. The van der Waals surface area contributed by atoms with Gasteiger partial charge in [0.2, 0.25) is 5.91 Å². The minimum atomic E-state index is -0.0309. The van der Waals surface area contributed by atoms with Crippen molar-refractivity contribution in [1.82, 2.24) is 10.2 Å². The van der Waals surface area contributed by atoms with Crippen LogP contribution in [0.5, 0.6) is 0 Å². The van der Waals surface area contributed by atoms with Crippen molar-refractivity contribution in [3.05, 3.63) is 35.4 Å². The topological polar surface area (TPSA) is 49.4 Å². The summed E-state index contributed by atoms with van der Waals surface area (Å²) >= 11 is 0. The monoisotopic (exact) mass is 302 g/mol. The first-order valence-electron chi connectivity index (χ1n) is 8.18. The maximum Gasteiger partial charge on any atom is 0.251 e. The molecule has 120 valence electrons. The van der Waals surface area contributed by atoms with Crippen molar-refractivity contribution in [2.45, 2.75) is 52.6 Å². The first-order chi connectivity index (χ1) is 10.5. The summed E-state index contributed by atoms with van der Waals surface area (Å²) in [6.45, 7) is 7.79. The van der Waals surface area contributed by atoms with Crippen LogP contribution in [0.1, 0.15) is 56.0 Å². The maximum atomic E-state index is 12.2. The third kappa shape index (κ3) is 4.09. The van der Waals surface area contributed by atoms with Crippen molar-refractivity contribution in [2.24, 2.45) is 5.92 Å². The Balaban J connectivity index is 1.93. The molecule has 0 unspecified atom stereocenters. The lowest BCUT2D eigenvalue weighted by Crippen LogP contribution is -2.36. The van der Waals surface area contributed by atoms with Gasteiger partial charge in [0.15, 0.2) is 0 Å². The lowest BCUT2D eigenvalue weighted by atomic mass is 10.0. The lowest BCUT2D eigenvalue weighted by Gasteiger charge is -2.20. The number of carbonyl (C=O) groups excluding carboxylic acids is 2. The van der Waals surface area contributed by atoms with Crippen LogP contribution in [0.25, 0.3) is 0 Å². The van der Waals surface area contributed by atoms with Crippen LogP contribution >= 0.6 is 0 Å². The van der Waals surface area contributed by atoms with Gasteiger partial charge >= 0.3 is 0 Å². The van der Waals surface area contributed by atoms with Gasteiger partial charge < -0.3 is 10.2 Å². The molecule has 1 N–H and O–H groups in total. The van der Waals surface area contributed by atoms with Crippen LogP contribution in [0.2, 0.25) is 0 Å². The Morgan fingerprint density at radius 3 is 2.50 bits per heavy atom. The summed E-state index contributed by atoms with van der Waals surface area (Å²) in [5.41, 5.74) is 1.74. The number of hydrogen-bond donors (Lipinski definition) is 1. The molecule has 1 aliphatic heterocycles. The minimum absolute atomic E-state index is 0.0309. The molecule has 1 aromatic rings. The minimum Gasteiger partial charge on any atom is -0.349 e. The highest BCUT2D eigenvalue weighted by Gasteiger charge is 2.20. The molecule has 0 aromatic heterocycles. The van der Waals surface area contributed by atoms with Gasteiger partial charge in [-0.25, -0.2) is 0 Å². The molecule has 1 fully saturated rings. The molecule has 0 radical (unpaired) electrons. The Bertz CT molecular complexity index is 524. The zero-order valence-corrected chi connectivity index (χ0v) is 13.8. The van der Waals surface area contributed by atoms with Gasteiger partial charge in [0.05, 0.1) is 0 Å². The van der Waals surface area contributed by atoms with Gasteiger partial charge in [-0.1, -0.05) is 32.4 Å². The van der Waals surface area contributed by atoms with Crippen molar-refractivity contribution in [3.8, 4) is 0 Å². The van der Waals surface area contributed by atoms with Crippen molar-refractivity contribution in [1.29, 1.82) is 0 Å². The average Bonchev–Trinajstić information content (AvgIpc) is 2.92. The Kier molecular flexibility index (Phi) is 5.58. The second-order valence-electron chi connectivity index (χ2n) is 6.26. The highest BCUT2D eigenvalue weighted by atomic mass is 16.2. The number of amides is 2. The van der Waals surface area contributed by atoms with Crippen LogP contribution in [0.15, 0.2) is 24.3 Å². The molecular weight excluding hydrogens is 276 g/mol. The van der Waals surface area contributed by atoms with Crippen LogP contribution in [0.3, 0.4) is 0 Å². The summed E-state index contributed by atoms with van der Waals surface area (Å²) in [7, 11) is 0. The van der Waals surface area contributed by atoms with E-state index in [2.05, 4.69) is 19.2 Å². The number of nitrogens with one attached hydrogen (secondary N) is 1. The predicted octanol–water partition coefficient (Wildman–Crippen LogP) is 2.97. The van der Waals surface area contributed by atoms with Crippen molar-refractivity contribution in [3.63, 3.8) is 0 Å². The van der Waals surface area contributed by atoms with E-state index in [1.54, 1.807) is 0 Å². The quantitative estimate of drug-likeness (QED) is 0.878. The number of likely N-dealkylation sites (tertiary alicyclic amines) is 1. The van der Waals surface area contributed by atoms with E-state index in [1.165, 1.54) is 0 Å². The largest absolute Gasteiger partial charge is 0.349 e. The van der Waals surface area contributed by atoms with Gasteiger partial charge in [0.1, 0.15) is 0 Å². The van der Waals surface area contributed by atoms with E-state index in [0.717, 1.165) is 24.9 Å². The highest BCUT2D eigenvalue weighted by Crippen LogP contribution is 2.15. The van der Waals surface area contributed by atoms with Crippen LogP contribution < -0.4 is 5.32 Å². The molecule has 1 aliphatic rings. The van der Waals surface area contributed by atoms with Gasteiger partial charge in [0, 0.05) is 31.1 Å². The van der Waals surface area contributed by atoms with Gasteiger partial charge in [0.25, 0.3) is 5.91 Å². The van der Waals surface area contributed by atoms with Gasteiger partial charge in [-0.15, -0.1) is 0 Å². The summed E-state index contributed by atoms with van der Waals surface area (Å²) < 4.78 is 0. The molecule has 0 spiro atoms. The zero-order valence-electron chi connectivity index (χ0n) is 13.8. The molecule has 2 amide bonds. The summed E-state index contributed by atoms with van der Waals surface area (Å²) in [6, 6.07) is 7.73. The van der Waals surface area contributed by atoms with Crippen LogP contribution in [-0.2, 0) is 11.3 Å². The third-order valence-corrected chi connectivity index (χ3v) is 4.62. The molecule has 4 nitrogen and oxygen atoms in total. The Morgan fingerprint density at radius 2 is 1.95 bits per heavy atom. The molecule has 0 bridgehead atoms. The van der Waals surface area contributed by atoms with Crippen LogP contribution in [0, 0.1) is 5.92 Å². The number of rotatable bonds is 6. The number of carbonyl (C=O) groups is 2. The molecule has 2 atom stereocenters. The summed E-state index contributed by atoms with van der Waals surface area (Å²) in [6.07, 6.45) is 2.66. The highest BCUT2D eigenvalue weighted by molar-refractivity contribution is 5.94. The molecule has 2 rings (SSSR count). The predicted molar refractivity (Wildman–Crippen MR) is 87.5 cm³/mol. The average molecular weight is 302 g/mol. The lowest BCUT2D eigenvalue weighted by molar-refractivity contribution is -0.128. The molecule has 1 saturated heterocycles. The first kappa shape index (κ1) is 16.5. The number of nitrogens with zero attached hydrogens (tertiary/aromatic N) is 1. The number of hydrogen-bond acceptors (Lipinski definition) is 2. The van der Waals surface area contributed by atoms with E-state index >= 15 is 0 Å². The van der Waals surface area contributed by atoms with E-state index in [1.807, 2.05) is 36.1 Å². The van der Waals surface area contributed by atoms with Crippen LogP contribution in [-0.4, -0.2) is 29.3 Å². The standard InChI is InChI=1S/C18H26N2O2/c1-4-13(2)14(3)19-18(22)16-9-7-15(8-10-16)12-20-11-5-6-17(20)21/h7-10,13-14H,4-6,11-12H2,1-3H3,(H,19,22)/t13-,14-/m1/s1. The third-order valence-electron chi connectivity index (χ3n) is 4.62. The Hall–Kier alpha value is -1.84. The fourth-order valence-electron chi connectivity index (χ4n) is 2.64. The number of benzene rings is 1. The van der Waals surface area contributed by atoms with Crippen molar-refractivity contribution in [2.75, 3.05) is 6.54 Å². The molecular formula is C18H26N2O2. The maximum absolute atomic E-state index is 12.2.